The molecule has 0 aromatic carbocycles. The van der Waals surface area contributed by atoms with Gasteiger partial charge in [0.1, 0.15) is 0 Å². The lowest BCUT2D eigenvalue weighted by Gasteiger charge is -2.23. The van der Waals surface area contributed by atoms with Crippen LogP contribution >= 0.6 is 23.2 Å². The van der Waals surface area contributed by atoms with Gasteiger partial charge in [0.2, 0.25) is 5.28 Å². The van der Waals surface area contributed by atoms with Crippen LogP contribution in [0.5, 0.6) is 0 Å². The first kappa shape index (κ1) is 12.5. The van der Waals surface area contributed by atoms with Crippen molar-refractivity contribution in [3.8, 4) is 0 Å². The minimum Gasteiger partial charge on any atom is -0.381 e. The number of rotatable bonds is 3. The third-order valence-electron chi connectivity index (χ3n) is 2.47. The molecule has 0 saturated carbocycles. The van der Waals surface area contributed by atoms with Gasteiger partial charge in [-0.05, 0) is 29.6 Å². The third kappa shape index (κ3) is 3.02. The molecule has 0 bridgehead atoms. The Morgan fingerprint density at radius 3 is 2.65 bits per heavy atom. The molecule has 0 aliphatic carbocycles. The molecule has 1 aliphatic heterocycles. The molecule has 1 fully saturated rings. The number of anilines is 1. The molecule has 1 aliphatic rings. The van der Waals surface area contributed by atoms with Crippen LogP contribution in [0.2, 0.25) is 10.4 Å². The molecular weight excluding hydrogens is 267 g/mol. The van der Waals surface area contributed by atoms with Gasteiger partial charge in [0.05, 0.1) is 0 Å². The molecule has 8 heteroatoms. The molecule has 1 aromatic heterocycles. The normalized spacial score (nSPS) is 16.8. The highest BCUT2D eigenvalue weighted by molar-refractivity contribution is 6.34. The van der Waals surface area contributed by atoms with E-state index in [2.05, 4.69) is 20.5 Å². The maximum absolute atomic E-state index is 10.7. The predicted molar refractivity (Wildman–Crippen MR) is 65.0 cm³/mol. The summed E-state index contributed by atoms with van der Waals surface area (Å²) in [6, 6.07) is 0.172. The van der Waals surface area contributed by atoms with E-state index < -0.39 is 0 Å². The summed E-state index contributed by atoms with van der Waals surface area (Å²) in [6.07, 6.45) is 1.66. The van der Waals surface area contributed by atoms with E-state index in [1.54, 1.807) is 0 Å². The largest absolute Gasteiger partial charge is 0.381 e. The van der Waals surface area contributed by atoms with Gasteiger partial charge in [-0.3, -0.25) is 0 Å². The van der Waals surface area contributed by atoms with Gasteiger partial charge < -0.3 is 10.1 Å². The Balaban J connectivity index is 2.21. The Bertz CT molecular complexity index is 424. The first-order chi connectivity index (χ1) is 8.20. The van der Waals surface area contributed by atoms with E-state index in [0.717, 1.165) is 12.8 Å². The second-order valence-corrected chi connectivity index (χ2v) is 4.30. The van der Waals surface area contributed by atoms with E-state index in [-0.39, 0.29) is 28.0 Å². The van der Waals surface area contributed by atoms with Crippen molar-refractivity contribution in [3.05, 3.63) is 15.3 Å². The van der Waals surface area contributed by atoms with Crippen LogP contribution in [-0.4, -0.2) is 29.2 Å². The number of aromatic nitrogens is 2. The van der Waals surface area contributed by atoms with Gasteiger partial charge in [-0.15, -0.1) is 4.91 Å². The fourth-order valence-corrected chi connectivity index (χ4v) is 2.04. The quantitative estimate of drug-likeness (QED) is 0.522. The molecule has 1 N–H and O–H groups in total. The molecule has 0 spiro atoms. The number of hydrogen-bond acceptors (Lipinski definition) is 6. The first-order valence-corrected chi connectivity index (χ1v) is 5.87. The molecule has 2 rings (SSSR count). The van der Waals surface area contributed by atoms with Gasteiger partial charge >= 0.3 is 0 Å². The monoisotopic (exact) mass is 276 g/mol. The van der Waals surface area contributed by atoms with E-state index >= 15 is 0 Å². The van der Waals surface area contributed by atoms with Crippen LogP contribution in [0, 0.1) is 4.91 Å². The van der Waals surface area contributed by atoms with Crippen molar-refractivity contribution in [1.29, 1.82) is 0 Å². The number of halogens is 2. The molecule has 2 heterocycles. The Morgan fingerprint density at radius 1 is 1.29 bits per heavy atom. The summed E-state index contributed by atoms with van der Waals surface area (Å²) >= 11 is 11.4. The van der Waals surface area contributed by atoms with Gasteiger partial charge in [0.15, 0.2) is 16.7 Å². The molecule has 1 aromatic rings. The zero-order chi connectivity index (χ0) is 12.3. The summed E-state index contributed by atoms with van der Waals surface area (Å²) < 4.78 is 5.23. The lowest BCUT2D eigenvalue weighted by atomic mass is 10.1. The molecule has 0 unspecified atom stereocenters. The first-order valence-electron chi connectivity index (χ1n) is 5.11. The van der Waals surface area contributed by atoms with E-state index in [1.807, 2.05) is 0 Å². The summed E-state index contributed by atoms with van der Waals surface area (Å²) in [6.45, 7) is 1.35. The average Bonchev–Trinajstić information content (AvgIpc) is 2.30. The summed E-state index contributed by atoms with van der Waals surface area (Å²) in [5.74, 6) is 0.275. The highest BCUT2D eigenvalue weighted by atomic mass is 35.5. The maximum Gasteiger partial charge on any atom is 0.225 e. The average molecular weight is 277 g/mol. The Hall–Kier alpha value is -0.980. The number of nitrogens with zero attached hydrogens (tertiary/aromatic N) is 3. The van der Waals surface area contributed by atoms with Crippen molar-refractivity contribution in [3.63, 3.8) is 0 Å². The zero-order valence-corrected chi connectivity index (χ0v) is 10.3. The van der Waals surface area contributed by atoms with Crippen molar-refractivity contribution >= 4 is 34.7 Å². The molecule has 17 heavy (non-hydrogen) atoms. The Labute approximate surface area is 108 Å². The highest BCUT2D eigenvalue weighted by Gasteiger charge is 2.19. The highest BCUT2D eigenvalue weighted by Crippen LogP contribution is 2.32. The van der Waals surface area contributed by atoms with E-state index in [0.29, 0.717) is 13.2 Å². The zero-order valence-electron chi connectivity index (χ0n) is 8.82. The summed E-state index contributed by atoms with van der Waals surface area (Å²) in [5.41, 5.74) is -0.0115. The van der Waals surface area contributed by atoms with Crippen LogP contribution in [0.4, 0.5) is 11.5 Å². The molecule has 6 nitrogen and oxygen atoms in total. The third-order valence-corrected chi connectivity index (χ3v) is 2.90. The van der Waals surface area contributed by atoms with Crippen LogP contribution in [0.3, 0.4) is 0 Å². The summed E-state index contributed by atoms with van der Waals surface area (Å²) in [5, 5.41) is 5.84. The topological polar surface area (TPSA) is 76.5 Å². The minimum absolute atomic E-state index is 0.0115. The van der Waals surface area contributed by atoms with Crippen molar-refractivity contribution < 1.29 is 4.74 Å². The summed E-state index contributed by atoms with van der Waals surface area (Å²) in [4.78, 5) is 18.3. The number of hydrogen-bond donors (Lipinski definition) is 1. The molecule has 0 atom stereocenters. The second-order valence-electron chi connectivity index (χ2n) is 3.60. The van der Waals surface area contributed by atoms with Gasteiger partial charge in [-0.1, -0.05) is 11.6 Å². The summed E-state index contributed by atoms with van der Waals surface area (Å²) in [7, 11) is 0. The SMILES string of the molecule is O=Nc1c(Cl)nc(Cl)nc1NC1CCOCC1. The van der Waals surface area contributed by atoms with Gasteiger partial charge in [0.25, 0.3) is 0 Å². The van der Waals surface area contributed by atoms with E-state index in [9.17, 15) is 4.91 Å². The second kappa shape index (κ2) is 5.57. The van der Waals surface area contributed by atoms with Crippen molar-refractivity contribution in [2.45, 2.75) is 18.9 Å². The van der Waals surface area contributed by atoms with Crippen LogP contribution in [0.15, 0.2) is 5.18 Å². The van der Waals surface area contributed by atoms with Gasteiger partial charge in [-0.2, -0.15) is 4.98 Å². The standard InChI is InChI=1S/C9H10Cl2N4O2/c10-7-6(15-16)8(14-9(11)13-7)12-5-1-3-17-4-2-5/h5H,1-4H2,(H,12,13,14). The van der Waals surface area contributed by atoms with Crippen LogP contribution in [0.1, 0.15) is 12.8 Å². The lowest BCUT2D eigenvalue weighted by molar-refractivity contribution is 0.0904. The Morgan fingerprint density at radius 2 is 2.00 bits per heavy atom. The fraction of sp³-hybridized carbons (Fsp3) is 0.556. The predicted octanol–water partition coefficient (Wildman–Crippen LogP) is 2.77. The van der Waals surface area contributed by atoms with Crippen LogP contribution in [-0.2, 0) is 4.74 Å². The van der Waals surface area contributed by atoms with Gasteiger partial charge in [-0.25, -0.2) is 4.98 Å². The van der Waals surface area contributed by atoms with Crippen molar-refractivity contribution in [2.24, 2.45) is 5.18 Å². The smallest absolute Gasteiger partial charge is 0.225 e. The lowest BCUT2D eigenvalue weighted by Crippen LogP contribution is -2.28. The minimum atomic E-state index is -0.0467. The fourth-order valence-electron chi connectivity index (χ4n) is 1.62. The number of nitrogens with one attached hydrogen (secondary N) is 1. The van der Waals surface area contributed by atoms with Crippen molar-refractivity contribution in [2.75, 3.05) is 18.5 Å². The number of ether oxygens (including phenoxy) is 1. The van der Waals surface area contributed by atoms with E-state index in [4.69, 9.17) is 27.9 Å². The van der Waals surface area contributed by atoms with Gasteiger partial charge in [0, 0.05) is 19.3 Å². The Kier molecular flexibility index (Phi) is 4.09. The number of nitroso groups, excluding NO2 is 1. The van der Waals surface area contributed by atoms with Crippen LogP contribution in [0.25, 0.3) is 0 Å². The van der Waals surface area contributed by atoms with Crippen molar-refractivity contribution in [1.82, 2.24) is 9.97 Å². The van der Waals surface area contributed by atoms with E-state index in [1.165, 1.54) is 0 Å². The molecule has 0 amide bonds. The van der Waals surface area contributed by atoms with Crippen LogP contribution < -0.4 is 5.32 Å². The molecule has 0 radical (unpaired) electrons. The molecule has 92 valence electrons. The molecule has 1 saturated heterocycles. The maximum atomic E-state index is 10.7. The molecular formula is C9H10Cl2N4O2.